The predicted octanol–water partition coefficient (Wildman–Crippen LogP) is 12.7. The van der Waals surface area contributed by atoms with Gasteiger partial charge >= 0.3 is 0 Å². The molecule has 3 heteroatoms. The normalized spacial score (nSPS) is 14.2. The second-order valence-corrected chi connectivity index (χ2v) is 15.5. The Balaban J connectivity index is 1.34. The molecule has 3 nitrogen and oxygen atoms in total. The number of hydrogen-bond donors (Lipinski definition) is 0. The largest absolute Gasteiger partial charge is 0.208 e. The summed E-state index contributed by atoms with van der Waals surface area (Å²) >= 11 is 0. The number of aromatic nitrogens is 3. The van der Waals surface area contributed by atoms with E-state index in [9.17, 15) is 0 Å². The fourth-order valence-corrected chi connectivity index (χ4v) is 9.73. The summed E-state index contributed by atoms with van der Waals surface area (Å²) in [7, 11) is 0. The molecule has 0 saturated carbocycles. The molecule has 264 valence electrons. The molecular formula is C53H37N3. The summed E-state index contributed by atoms with van der Waals surface area (Å²) in [5.74, 6) is 1.97. The summed E-state index contributed by atoms with van der Waals surface area (Å²) in [6.07, 6.45) is 0. The Morgan fingerprint density at radius 3 is 1.45 bits per heavy atom. The molecular weight excluding hydrogens is 679 g/mol. The van der Waals surface area contributed by atoms with Crippen molar-refractivity contribution in [3.8, 4) is 56.4 Å². The molecule has 0 fully saturated rings. The average Bonchev–Trinajstić information content (AvgIpc) is 3.70. The average molecular weight is 716 g/mol. The Labute approximate surface area is 327 Å². The highest BCUT2D eigenvalue weighted by molar-refractivity contribution is 6.14. The van der Waals surface area contributed by atoms with Gasteiger partial charge in [0.1, 0.15) is 0 Å². The van der Waals surface area contributed by atoms with Gasteiger partial charge in [-0.1, -0.05) is 196 Å². The summed E-state index contributed by atoms with van der Waals surface area (Å²) in [6, 6.07) is 67.8. The van der Waals surface area contributed by atoms with Crippen molar-refractivity contribution < 1.29 is 0 Å². The molecule has 1 heterocycles. The Morgan fingerprint density at radius 1 is 0.375 bits per heavy atom. The van der Waals surface area contributed by atoms with Crippen LogP contribution in [0.4, 0.5) is 0 Å². The molecule has 2 aliphatic carbocycles. The van der Waals surface area contributed by atoms with Gasteiger partial charge in [-0.3, -0.25) is 0 Å². The van der Waals surface area contributed by atoms with Crippen LogP contribution in [0.5, 0.6) is 0 Å². The van der Waals surface area contributed by atoms with Crippen molar-refractivity contribution in [2.24, 2.45) is 0 Å². The molecule has 0 atom stereocenters. The molecule has 0 unspecified atom stereocenters. The molecule has 1 aromatic heterocycles. The van der Waals surface area contributed by atoms with E-state index in [2.05, 4.69) is 166 Å². The lowest BCUT2D eigenvalue weighted by Gasteiger charge is -2.35. The van der Waals surface area contributed by atoms with Gasteiger partial charge in [0.05, 0.1) is 5.41 Å². The lowest BCUT2D eigenvalue weighted by atomic mass is 9.66. The first-order chi connectivity index (χ1) is 27.5. The first-order valence-corrected chi connectivity index (χ1v) is 19.4. The number of nitrogens with zero attached hydrogens (tertiary/aromatic N) is 3. The number of fused-ring (bicyclic) bond motifs is 9. The lowest BCUT2D eigenvalue weighted by Crippen LogP contribution is -2.29. The van der Waals surface area contributed by atoms with Crippen LogP contribution in [0.1, 0.15) is 47.2 Å². The van der Waals surface area contributed by atoms with Gasteiger partial charge in [-0.25, -0.2) is 15.0 Å². The van der Waals surface area contributed by atoms with E-state index in [-0.39, 0.29) is 5.41 Å². The van der Waals surface area contributed by atoms with Gasteiger partial charge in [0.2, 0.25) is 0 Å². The van der Waals surface area contributed by atoms with Crippen molar-refractivity contribution in [3.05, 3.63) is 221 Å². The van der Waals surface area contributed by atoms with Crippen molar-refractivity contribution in [1.82, 2.24) is 15.0 Å². The highest BCUT2D eigenvalue weighted by Crippen LogP contribution is 2.62. The van der Waals surface area contributed by atoms with E-state index in [4.69, 9.17) is 15.0 Å². The maximum Gasteiger partial charge on any atom is 0.164 e. The fourth-order valence-electron chi connectivity index (χ4n) is 9.73. The first-order valence-electron chi connectivity index (χ1n) is 19.4. The zero-order chi connectivity index (χ0) is 37.4. The summed E-state index contributed by atoms with van der Waals surface area (Å²) < 4.78 is 0. The van der Waals surface area contributed by atoms with E-state index in [1.54, 1.807) is 0 Å². The van der Waals surface area contributed by atoms with Crippen molar-refractivity contribution in [1.29, 1.82) is 0 Å². The van der Waals surface area contributed by atoms with Gasteiger partial charge in [0.15, 0.2) is 17.5 Å². The standard InChI is InChI=1S/C53H37N3/c1-52(2)43-29-17-16-28-41(43)46-45(52)33-42(51-55-49(34-19-7-3-8-20-34)54-50(56-51)35-21-9-4-10-22-35)39-31-32-40-38-27-15-18-30-44(38)53(48(40)47(39)46,36-23-11-5-12-24-36)37-25-13-6-14-26-37/h3-33H,1-2H3. The van der Waals surface area contributed by atoms with Crippen LogP contribution < -0.4 is 0 Å². The zero-order valence-electron chi connectivity index (χ0n) is 31.2. The number of rotatable bonds is 5. The summed E-state index contributed by atoms with van der Waals surface area (Å²) in [6.45, 7) is 4.73. The van der Waals surface area contributed by atoms with Crippen molar-refractivity contribution >= 4 is 10.8 Å². The third-order valence-corrected chi connectivity index (χ3v) is 12.2. The maximum atomic E-state index is 5.34. The Morgan fingerprint density at radius 2 is 0.857 bits per heavy atom. The van der Waals surface area contributed by atoms with Gasteiger partial charge in [-0.05, 0) is 72.5 Å². The summed E-state index contributed by atoms with van der Waals surface area (Å²) in [5.41, 5.74) is 14.8. The Kier molecular flexibility index (Phi) is 7.11. The minimum atomic E-state index is -0.592. The monoisotopic (exact) mass is 715 g/mol. The highest BCUT2D eigenvalue weighted by Gasteiger charge is 2.49. The van der Waals surface area contributed by atoms with Gasteiger partial charge in [-0.15, -0.1) is 0 Å². The quantitative estimate of drug-likeness (QED) is 0.178. The molecule has 0 bridgehead atoms. The van der Waals surface area contributed by atoms with Crippen molar-refractivity contribution in [2.75, 3.05) is 0 Å². The molecule has 0 saturated heterocycles. The van der Waals surface area contributed by atoms with Gasteiger partial charge < -0.3 is 0 Å². The van der Waals surface area contributed by atoms with Gasteiger partial charge in [0, 0.05) is 22.1 Å². The van der Waals surface area contributed by atoms with E-state index < -0.39 is 5.41 Å². The van der Waals surface area contributed by atoms with E-state index in [1.165, 1.54) is 61.0 Å². The van der Waals surface area contributed by atoms with Crippen LogP contribution >= 0.6 is 0 Å². The van der Waals surface area contributed by atoms with E-state index in [0.29, 0.717) is 17.5 Å². The predicted molar refractivity (Wildman–Crippen MR) is 229 cm³/mol. The molecule has 0 aliphatic heterocycles. The van der Waals surface area contributed by atoms with Crippen molar-refractivity contribution in [2.45, 2.75) is 24.7 Å². The van der Waals surface area contributed by atoms with E-state index >= 15 is 0 Å². The molecule has 8 aromatic carbocycles. The third-order valence-electron chi connectivity index (χ3n) is 12.2. The van der Waals surface area contributed by atoms with Crippen LogP contribution in [0, 0.1) is 0 Å². The molecule has 0 amide bonds. The van der Waals surface area contributed by atoms with Crippen LogP contribution in [0.3, 0.4) is 0 Å². The van der Waals surface area contributed by atoms with E-state index in [0.717, 1.165) is 22.1 Å². The van der Waals surface area contributed by atoms with Gasteiger partial charge in [-0.2, -0.15) is 0 Å². The second kappa shape index (κ2) is 12.3. The van der Waals surface area contributed by atoms with E-state index in [1.807, 2.05) is 36.4 Å². The maximum absolute atomic E-state index is 5.34. The minimum absolute atomic E-state index is 0.275. The van der Waals surface area contributed by atoms with Crippen LogP contribution in [-0.4, -0.2) is 15.0 Å². The lowest BCUT2D eigenvalue weighted by molar-refractivity contribution is 0.661. The molecule has 56 heavy (non-hydrogen) atoms. The third kappa shape index (κ3) is 4.55. The zero-order valence-corrected chi connectivity index (χ0v) is 31.2. The second-order valence-electron chi connectivity index (χ2n) is 15.5. The molecule has 11 rings (SSSR count). The number of benzene rings is 8. The molecule has 0 N–H and O–H groups in total. The summed E-state index contributed by atoms with van der Waals surface area (Å²) in [5, 5.41) is 2.38. The SMILES string of the molecule is CC1(C)c2ccccc2-c2c1cc(-c1nc(-c3ccccc3)nc(-c3ccccc3)n1)c1ccc3c(c21)C(c1ccccc1)(c1ccccc1)c1ccccc1-3. The molecule has 9 aromatic rings. The molecule has 2 aliphatic rings. The molecule has 0 spiro atoms. The smallest absolute Gasteiger partial charge is 0.164 e. The Bertz CT molecular complexity index is 2870. The fraction of sp³-hybridized carbons (Fsp3) is 0.0755. The Hall–Kier alpha value is -6.97. The molecule has 0 radical (unpaired) electrons. The van der Waals surface area contributed by atoms with Crippen LogP contribution in [0.25, 0.3) is 67.2 Å². The summed E-state index contributed by atoms with van der Waals surface area (Å²) in [4.78, 5) is 15.7. The number of hydrogen-bond acceptors (Lipinski definition) is 3. The van der Waals surface area contributed by atoms with Crippen LogP contribution in [-0.2, 0) is 10.8 Å². The topological polar surface area (TPSA) is 38.7 Å². The van der Waals surface area contributed by atoms with Crippen LogP contribution in [0.15, 0.2) is 188 Å². The first kappa shape index (κ1) is 32.5. The van der Waals surface area contributed by atoms with Crippen LogP contribution in [0.2, 0.25) is 0 Å². The minimum Gasteiger partial charge on any atom is -0.208 e. The highest BCUT2D eigenvalue weighted by atomic mass is 15.0. The van der Waals surface area contributed by atoms with Crippen molar-refractivity contribution in [3.63, 3.8) is 0 Å². The van der Waals surface area contributed by atoms with Gasteiger partial charge in [0.25, 0.3) is 0 Å².